The van der Waals surface area contributed by atoms with Crippen LogP contribution in [0.5, 0.6) is 0 Å². The zero-order valence-electron chi connectivity index (χ0n) is 11.6. The molecule has 2 unspecified atom stereocenters. The van der Waals surface area contributed by atoms with Crippen molar-refractivity contribution in [3.8, 4) is 0 Å². The largest absolute Gasteiger partial charge is 0.458 e. The van der Waals surface area contributed by atoms with Gasteiger partial charge in [-0.1, -0.05) is 33.4 Å². The van der Waals surface area contributed by atoms with E-state index >= 15 is 0 Å². The summed E-state index contributed by atoms with van der Waals surface area (Å²) in [5, 5.41) is 0.165. The lowest BCUT2D eigenvalue weighted by atomic mass is 10.1. The maximum absolute atomic E-state index is 11.4. The monoisotopic (exact) mass is 256 g/mol. The molecular weight excluding hydrogens is 232 g/mol. The fourth-order valence-electron chi connectivity index (χ4n) is 1.62. The summed E-state index contributed by atoms with van der Waals surface area (Å²) >= 11 is 0. The molecule has 1 aliphatic rings. The minimum atomic E-state index is -1.81. The van der Waals surface area contributed by atoms with Crippen LogP contribution in [0.1, 0.15) is 33.6 Å². The minimum Gasteiger partial charge on any atom is -0.458 e. The van der Waals surface area contributed by atoms with Crippen molar-refractivity contribution in [1.82, 2.24) is 0 Å². The Labute approximate surface area is 105 Å². The molecule has 1 rings (SSSR count). The quantitative estimate of drug-likeness (QED) is 0.442. The van der Waals surface area contributed by atoms with Crippen LogP contribution in [0.2, 0.25) is 18.1 Å². The first kappa shape index (κ1) is 14.4. The Morgan fingerprint density at radius 3 is 2.53 bits per heavy atom. The van der Waals surface area contributed by atoms with Gasteiger partial charge in [-0.25, -0.2) is 0 Å². The van der Waals surface area contributed by atoms with Crippen LogP contribution in [-0.4, -0.2) is 26.5 Å². The van der Waals surface area contributed by atoms with E-state index in [1.54, 1.807) is 6.08 Å². The molecule has 0 N–H and O–H groups in total. The Morgan fingerprint density at radius 1 is 1.47 bits per heavy atom. The second-order valence-corrected chi connectivity index (χ2v) is 11.0. The molecule has 0 aromatic carbocycles. The second kappa shape index (κ2) is 4.94. The highest BCUT2D eigenvalue weighted by molar-refractivity contribution is 6.74. The van der Waals surface area contributed by atoms with E-state index in [0.29, 0.717) is 6.42 Å². The summed E-state index contributed by atoms with van der Waals surface area (Å²) in [5.74, 6) is -0.176. The average molecular weight is 256 g/mol. The van der Waals surface area contributed by atoms with Gasteiger partial charge in [-0.05, 0) is 18.1 Å². The topological polar surface area (TPSA) is 35.5 Å². The van der Waals surface area contributed by atoms with E-state index in [1.807, 2.05) is 0 Å². The predicted molar refractivity (Wildman–Crippen MR) is 71.4 cm³/mol. The molecule has 0 saturated carbocycles. The molecule has 1 aliphatic heterocycles. The number of ether oxygens (including phenoxy) is 1. The summed E-state index contributed by atoms with van der Waals surface area (Å²) < 4.78 is 11.4. The Morgan fingerprint density at radius 2 is 2.06 bits per heavy atom. The van der Waals surface area contributed by atoms with Crippen molar-refractivity contribution >= 4 is 14.3 Å². The normalized spacial score (nSPS) is 26.5. The first-order valence-electron chi connectivity index (χ1n) is 6.15. The van der Waals surface area contributed by atoms with Gasteiger partial charge >= 0.3 is 5.97 Å². The van der Waals surface area contributed by atoms with Gasteiger partial charge < -0.3 is 9.16 Å². The Kier molecular flexibility index (Phi) is 4.20. The zero-order chi connectivity index (χ0) is 13.3. The number of hydrogen-bond acceptors (Lipinski definition) is 3. The third-order valence-corrected chi connectivity index (χ3v) is 8.24. The van der Waals surface area contributed by atoms with Crippen molar-refractivity contribution in [3.05, 3.63) is 12.7 Å². The van der Waals surface area contributed by atoms with Gasteiger partial charge in [0.2, 0.25) is 0 Å². The van der Waals surface area contributed by atoms with Gasteiger partial charge in [-0.3, -0.25) is 4.79 Å². The van der Waals surface area contributed by atoms with E-state index in [9.17, 15) is 4.79 Å². The van der Waals surface area contributed by atoms with Crippen LogP contribution < -0.4 is 0 Å². The van der Waals surface area contributed by atoms with E-state index in [1.165, 1.54) is 0 Å². The lowest BCUT2D eigenvalue weighted by molar-refractivity contribution is -0.155. The lowest BCUT2D eigenvalue weighted by Crippen LogP contribution is -2.46. The summed E-state index contributed by atoms with van der Waals surface area (Å²) in [6.07, 6.45) is 2.59. The molecule has 1 saturated heterocycles. The van der Waals surface area contributed by atoms with Gasteiger partial charge in [0.15, 0.2) is 8.32 Å². The second-order valence-electron chi connectivity index (χ2n) is 6.20. The Bertz CT molecular complexity index is 304. The fourth-order valence-corrected chi connectivity index (χ4v) is 2.99. The molecule has 0 aliphatic carbocycles. The van der Waals surface area contributed by atoms with Gasteiger partial charge in [0.25, 0.3) is 0 Å². The maximum atomic E-state index is 11.4. The van der Waals surface area contributed by atoms with Gasteiger partial charge in [-0.15, -0.1) is 0 Å². The minimum absolute atomic E-state index is 0.0138. The van der Waals surface area contributed by atoms with Gasteiger partial charge in [0, 0.05) is 6.42 Å². The smallest absolute Gasteiger partial charge is 0.308 e. The fraction of sp³-hybridized carbons (Fsp3) is 0.769. The third kappa shape index (κ3) is 3.68. The molecule has 0 spiro atoms. The van der Waals surface area contributed by atoms with E-state index < -0.39 is 8.32 Å². The third-order valence-electron chi connectivity index (χ3n) is 3.70. The van der Waals surface area contributed by atoms with Crippen LogP contribution in [0.25, 0.3) is 0 Å². The van der Waals surface area contributed by atoms with Crippen molar-refractivity contribution in [2.24, 2.45) is 0 Å². The number of esters is 1. The SMILES string of the molecule is C=CC1CC(O[Si](C)(C)C(C)(C)C)CC(=O)O1. The van der Waals surface area contributed by atoms with Crippen molar-refractivity contribution in [3.63, 3.8) is 0 Å². The highest BCUT2D eigenvalue weighted by Gasteiger charge is 2.41. The van der Waals surface area contributed by atoms with Crippen LogP contribution >= 0.6 is 0 Å². The summed E-state index contributed by atoms with van der Waals surface area (Å²) in [7, 11) is -1.81. The summed E-state index contributed by atoms with van der Waals surface area (Å²) in [5.41, 5.74) is 0. The molecule has 0 bridgehead atoms. The first-order chi connectivity index (χ1) is 7.65. The molecule has 0 radical (unpaired) electrons. The molecule has 0 amide bonds. The van der Waals surface area contributed by atoms with Gasteiger partial charge in [0.05, 0.1) is 12.5 Å². The average Bonchev–Trinajstić information content (AvgIpc) is 2.14. The first-order valence-corrected chi connectivity index (χ1v) is 9.06. The Hall–Kier alpha value is -0.613. The molecule has 2 atom stereocenters. The van der Waals surface area contributed by atoms with Crippen molar-refractivity contribution in [2.75, 3.05) is 0 Å². The maximum Gasteiger partial charge on any atom is 0.308 e. The molecule has 4 heteroatoms. The van der Waals surface area contributed by atoms with Crippen molar-refractivity contribution < 1.29 is 14.0 Å². The molecule has 3 nitrogen and oxygen atoms in total. The number of carbonyl (C=O) groups is 1. The van der Waals surface area contributed by atoms with Crippen LogP contribution in [0.3, 0.4) is 0 Å². The number of rotatable bonds is 3. The summed E-state index contributed by atoms with van der Waals surface area (Å²) in [6, 6.07) is 0. The molecule has 0 aromatic rings. The van der Waals surface area contributed by atoms with E-state index in [4.69, 9.17) is 9.16 Å². The summed E-state index contributed by atoms with van der Waals surface area (Å²) in [4.78, 5) is 11.4. The Balaban J connectivity index is 2.68. The number of hydrogen-bond donors (Lipinski definition) is 0. The van der Waals surface area contributed by atoms with Crippen molar-refractivity contribution in [1.29, 1.82) is 0 Å². The number of cyclic esters (lactones) is 1. The molecule has 17 heavy (non-hydrogen) atoms. The standard InChI is InChI=1S/C13H24O3Si/c1-7-10-8-11(9-12(14)15-10)16-17(5,6)13(2,3)4/h7,10-11H,1,8-9H2,2-6H3. The molecule has 1 fully saturated rings. The lowest BCUT2D eigenvalue weighted by Gasteiger charge is -2.40. The zero-order valence-corrected chi connectivity index (χ0v) is 12.6. The van der Waals surface area contributed by atoms with E-state index in [-0.39, 0.29) is 23.2 Å². The van der Waals surface area contributed by atoms with Crippen LogP contribution in [-0.2, 0) is 14.0 Å². The highest BCUT2D eigenvalue weighted by Crippen LogP contribution is 2.38. The molecule has 0 aromatic heterocycles. The molecule has 1 heterocycles. The molecular formula is C13H24O3Si. The van der Waals surface area contributed by atoms with E-state index in [0.717, 1.165) is 6.42 Å². The highest BCUT2D eigenvalue weighted by atomic mass is 28.4. The van der Waals surface area contributed by atoms with Crippen molar-refractivity contribution in [2.45, 2.75) is 64.0 Å². The van der Waals surface area contributed by atoms with Crippen LogP contribution in [0.15, 0.2) is 12.7 Å². The van der Waals surface area contributed by atoms with Gasteiger partial charge in [-0.2, -0.15) is 0 Å². The number of carbonyl (C=O) groups excluding carboxylic acids is 1. The van der Waals surface area contributed by atoms with Gasteiger partial charge in [0.1, 0.15) is 6.10 Å². The predicted octanol–water partition coefficient (Wildman–Crippen LogP) is 3.27. The van der Waals surface area contributed by atoms with E-state index in [2.05, 4.69) is 40.4 Å². The van der Waals surface area contributed by atoms with Crippen LogP contribution in [0, 0.1) is 0 Å². The van der Waals surface area contributed by atoms with Crippen LogP contribution in [0.4, 0.5) is 0 Å². The molecule has 98 valence electrons. The summed E-state index contributed by atoms with van der Waals surface area (Å²) in [6.45, 7) is 14.7.